The summed E-state index contributed by atoms with van der Waals surface area (Å²) in [4.78, 5) is 108. The molecule has 40 unspecified atom stereocenters. The molecule has 51 heteroatoms. The molecule has 0 aromatic rings. The van der Waals surface area contributed by atoms with Crippen LogP contribution in [0.4, 0.5) is 0 Å². The lowest BCUT2D eigenvalue weighted by Gasteiger charge is -2.53. The van der Waals surface area contributed by atoms with Gasteiger partial charge in [-0.25, -0.2) is 14.4 Å². The Balaban J connectivity index is 1.24. The van der Waals surface area contributed by atoms with Gasteiger partial charge >= 0.3 is 17.9 Å². The number of carbonyl (C=O) groups excluding carboxylic acids is 5. The maximum Gasteiger partial charge on any atom is 0.364 e. The largest absolute Gasteiger partial charge is 0.477 e. The molecular weight excluding hydrogens is 1960 g/mol. The van der Waals surface area contributed by atoms with E-state index in [1.54, 1.807) is 6.08 Å². The number of hydrogen-bond donors (Lipinski definition) is 29. The molecule has 7 fully saturated rings. The second-order valence-electron chi connectivity index (χ2n) is 39.6. The number of carboxylic acids is 3. The Hall–Kier alpha value is -5.74. The first-order chi connectivity index (χ1) is 69.9. The smallest absolute Gasteiger partial charge is 0.364 e. The number of carbonyl (C=O) groups is 8. The molecule has 0 aliphatic carbocycles. The zero-order valence-electron chi connectivity index (χ0n) is 84.5. The summed E-state index contributed by atoms with van der Waals surface area (Å²) in [6.07, 6.45) is -47.1. The van der Waals surface area contributed by atoms with Crippen molar-refractivity contribution >= 4 is 47.3 Å². The van der Waals surface area contributed by atoms with E-state index in [0.29, 0.717) is 12.8 Å². The number of amides is 4. The van der Waals surface area contributed by atoms with Crippen LogP contribution in [0, 0.1) is 5.92 Å². The molecule has 147 heavy (non-hydrogen) atoms. The third kappa shape index (κ3) is 36.2. The number of carboxylic acid groups (broad SMARTS) is 3. The molecule has 0 saturated carbocycles. The van der Waals surface area contributed by atoms with Crippen LogP contribution in [0.15, 0.2) is 12.2 Å². The molecule has 0 radical (unpaired) electrons. The lowest BCUT2D eigenvalue weighted by atomic mass is 9.86. The number of aliphatic hydroxyl groups is 22. The molecule has 7 saturated heterocycles. The van der Waals surface area contributed by atoms with E-state index in [0.717, 1.165) is 111 Å². The summed E-state index contributed by atoms with van der Waals surface area (Å²) in [5.41, 5.74) is 0. The molecule has 7 aliphatic rings. The fourth-order valence-corrected chi connectivity index (χ4v) is 19.7. The Labute approximate surface area is 853 Å². The summed E-state index contributed by atoms with van der Waals surface area (Å²) in [5.74, 6) is -24.3. The van der Waals surface area contributed by atoms with Gasteiger partial charge in [0.1, 0.15) is 146 Å². The van der Waals surface area contributed by atoms with Gasteiger partial charge in [-0.1, -0.05) is 180 Å². The van der Waals surface area contributed by atoms with Gasteiger partial charge in [0.25, 0.3) is 17.4 Å². The van der Waals surface area contributed by atoms with Crippen molar-refractivity contribution in [1.29, 1.82) is 0 Å². The van der Waals surface area contributed by atoms with Crippen LogP contribution in [0.1, 0.15) is 247 Å². The number of rotatable bonds is 67. The van der Waals surface area contributed by atoms with Crippen molar-refractivity contribution in [2.75, 3.05) is 52.9 Å². The number of aliphatic hydroxyl groups excluding tert-OH is 22. The maximum absolute atomic E-state index is 14.7. The predicted octanol–water partition coefficient (Wildman–Crippen LogP) is -5.60. The summed E-state index contributed by atoms with van der Waals surface area (Å²) >= 11 is 0. The van der Waals surface area contributed by atoms with E-state index in [9.17, 15) is 166 Å². The molecule has 40 atom stereocenters. The lowest BCUT2D eigenvalue weighted by Crippen LogP contribution is -2.72. The van der Waals surface area contributed by atoms with Crippen molar-refractivity contribution in [3.8, 4) is 0 Å². The van der Waals surface area contributed by atoms with Crippen LogP contribution in [-0.2, 0) is 105 Å². The Morgan fingerprint density at radius 2 is 0.755 bits per heavy atom. The van der Waals surface area contributed by atoms with E-state index in [1.807, 2.05) is 0 Å². The van der Waals surface area contributed by atoms with E-state index in [-0.39, 0.29) is 6.42 Å². The van der Waals surface area contributed by atoms with Gasteiger partial charge in [-0.15, -0.1) is 0 Å². The van der Waals surface area contributed by atoms with Gasteiger partial charge in [0, 0.05) is 58.8 Å². The molecule has 51 nitrogen and oxygen atoms in total. The average molecular weight is 2130 g/mol. The zero-order chi connectivity index (χ0) is 109. The molecule has 0 bridgehead atoms. The van der Waals surface area contributed by atoms with E-state index in [4.69, 9.17) is 66.3 Å². The summed E-state index contributed by atoms with van der Waals surface area (Å²) in [6.45, 7) is -2.17. The molecule has 0 spiro atoms. The molecule has 7 rings (SSSR count). The first-order valence-corrected chi connectivity index (χ1v) is 51.6. The van der Waals surface area contributed by atoms with Gasteiger partial charge in [-0.3, -0.25) is 19.2 Å². The van der Waals surface area contributed by atoms with E-state index in [2.05, 4.69) is 35.1 Å². The quantitative estimate of drug-likeness (QED) is 0.0199. The van der Waals surface area contributed by atoms with E-state index in [1.165, 1.54) is 83.1 Å². The topological polar surface area (TPSA) is 820 Å². The Bertz CT molecular complexity index is 3910. The van der Waals surface area contributed by atoms with Gasteiger partial charge in [0.15, 0.2) is 25.2 Å². The van der Waals surface area contributed by atoms with Crippen molar-refractivity contribution in [3.05, 3.63) is 12.2 Å². The second-order valence-corrected chi connectivity index (χ2v) is 39.6. The molecule has 7 aliphatic heterocycles. The molecule has 0 aromatic carbocycles. The predicted molar refractivity (Wildman–Crippen MR) is 502 cm³/mol. The van der Waals surface area contributed by atoms with Crippen LogP contribution >= 0.6 is 0 Å². The average Bonchev–Trinajstić information content (AvgIpc) is 0.740. The Morgan fingerprint density at radius 3 is 1.18 bits per heavy atom. The maximum atomic E-state index is 14.7. The minimum Gasteiger partial charge on any atom is -0.477 e. The third-order valence-electron chi connectivity index (χ3n) is 27.9. The van der Waals surface area contributed by atoms with Crippen molar-refractivity contribution < 1.29 is 232 Å². The van der Waals surface area contributed by atoms with Gasteiger partial charge < -0.3 is 220 Å². The zero-order valence-corrected chi connectivity index (χ0v) is 84.5. The van der Waals surface area contributed by atoms with Crippen LogP contribution in [-0.4, -0.2) is 465 Å². The molecular formula is C96H166N4O47. The SMILES string of the molecule is CCCCCCCCCCCCCC=CC(O)C(COC1OC(CO)C(OC2OC(CO)C(OC3OC(CO)C(O)C(OC4OC(CO)C(O)C(O)C4O)C3CC(C)=O)C(OC3(C(=O)O)CC(O)C(NC(C)=O)C(C(O)C(CO)OC4(C(=O)O)CC(O)C(NC(C)=O)C(C(O)C(CO)OC5(C(=O)O)CC(O)C(NC(C)=O)C(C(O)C(O)CO)O5)O4)O3)C2O)C(O)C1O)NC(=O)CCCCCCCCCCCCCCCCC. The van der Waals surface area contributed by atoms with E-state index >= 15 is 0 Å². The van der Waals surface area contributed by atoms with Gasteiger partial charge in [0.05, 0.1) is 108 Å². The standard InChI is InChI=1S/C96H166N4O47/c1-7-9-11-13-15-17-19-21-22-24-26-28-30-32-34-36-66(117)100-54(55(112)35-33-31-29-27-25-23-20-18-16-14-12-10-8-2)48-134-88-78(126)76(124)81(64(46-106)137-88)140-90-79(127)86(82(65(47-107)138-90)141-87-53(37-49(3)108)80(72(120)61(43-103)135-87)139-89-77(125)75(123)71(119)60(42-102)136-89)147-96(93(132)133)40-58(115)69(99-52(6)111)85(146-96)74(122)63(45-105)143-95(92(130)131)39-57(114)68(98-51(5)110)84(145-95)73(121)62(44-104)142-94(91(128)129)38-56(113)67(97-50(4)109)83(144-94)70(118)59(116)41-101/h33,35,53-65,67-90,101-107,112-116,118-127H,7-32,34,36-48H2,1-6H3,(H,97,109)(H,98,110)(H,99,111)(H,100,117)(H,128,129)(H,130,131)(H,132,133). The van der Waals surface area contributed by atoms with Crippen LogP contribution in [0.3, 0.4) is 0 Å². The van der Waals surface area contributed by atoms with Crippen molar-refractivity contribution in [2.45, 2.75) is 485 Å². The van der Waals surface area contributed by atoms with Crippen molar-refractivity contribution in [1.82, 2.24) is 21.3 Å². The van der Waals surface area contributed by atoms with Gasteiger partial charge in [-0.2, -0.15) is 0 Å². The number of allylic oxidation sites excluding steroid dienone is 1. The van der Waals surface area contributed by atoms with E-state index < -0.39 is 369 Å². The molecule has 0 aromatic heterocycles. The normalized spacial score (nSPS) is 35.5. The summed E-state index contributed by atoms with van der Waals surface area (Å²) in [7, 11) is 0. The Morgan fingerprint density at radius 1 is 0.388 bits per heavy atom. The summed E-state index contributed by atoms with van der Waals surface area (Å²) < 4.78 is 84.4. The molecule has 7 heterocycles. The first kappa shape index (κ1) is 128. The fourth-order valence-electron chi connectivity index (χ4n) is 19.7. The first-order valence-electron chi connectivity index (χ1n) is 51.6. The minimum absolute atomic E-state index is 0.0559. The number of aliphatic carboxylic acids is 3. The van der Waals surface area contributed by atoms with Crippen LogP contribution < -0.4 is 21.3 Å². The van der Waals surface area contributed by atoms with Crippen LogP contribution in [0.2, 0.25) is 0 Å². The van der Waals surface area contributed by atoms with Crippen molar-refractivity contribution in [3.63, 3.8) is 0 Å². The fraction of sp³-hybridized carbons (Fsp3) is 0.896. The lowest BCUT2D eigenvalue weighted by molar-refractivity contribution is -0.407. The monoisotopic (exact) mass is 2130 g/mol. The number of unbranched alkanes of at least 4 members (excludes halogenated alkanes) is 25. The molecule has 4 amide bonds. The number of hydrogen-bond acceptors (Lipinski definition) is 44. The highest BCUT2D eigenvalue weighted by Crippen LogP contribution is 2.46. The number of nitrogens with one attached hydrogen (secondary N) is 4. The van der Waals surface area contributed by atoms with Crippen molar-refractivity contribution in [2.24, 2.45) is 5.92 Å². The Kier molecular flexibility index (Phi) is 55.2. The molecule has 29 N–H and O–H groups in total. The van der Waals surface area contributed by atoms with Crippen LogP contribution in [0.5, 0.6) is 0 Å². The molecule has 852 valence electrons. The second kappa shape index (κ2) is 63.3. The highest BCUT2D eigenvalue weighted by molar-refractivity contribution is 5.79. The number of Topliss-reactive ketones (excluding diaryl/α,β-unsaturated/α-hetero) is 1. The summed E-state index contributed by atoms with van der Waals surface area (Å²) in [6, 6.07) is -7.45. The minimum atomic E-state index is -3.81. The van der Waals surface area contributed by atoms with Gasteiger partial charge in [-0.05, 0) is 26.2 Å². The van der Waals surface area contributed by atoms with Gasteiger partial charge in [0.2, 0.25) is 23.6 Å². The summed E-state index contributed by atoms with van der Waals surface area (Å²) in [5, 5.41) is 296. The number of ether oxygens (including phenoxy) is 14. The highest BCUT2D eigenvalue weighted by atomic mass is 16.8. The highest BCUT2D eigenvalue weighted by Gasteiger charge is 2.66. The third-order valence-corrected chi connectivity index (χ3v) is 27.9. The van der Waals surface area contributed by atoms with Crippen LogP contribution in [0.25, 0.3) is 0 Å². The number of ketones is 1.